The van der Waals surface area contributed by atoms with E-state index in [-0.39, 0.29) is 11.7 Å². The lowest BCUT2D eigenvalue weighted by atomic mass is 10.1. The average Bonchev–Trinajstić information content (AvgIpc) is 3.23. The maximum Gasteiger partial charge on any atom is 0.244 e. The molecule has 4 heteroatoms. The van der Waals surface area contributed by atoms with Crippen LogP contribution in [0.4, 0.5) is 0 Å². The van der Waals surface area contributed by atoms with Crippen molar-refractivity contribution in [2.24, 2.45) is 0 Å². The molecule has 21 heavy (non-hydrogen) atoms. The van der Waals surface area contributed by atoms with E-state index in [0.717, 1.165) is 25.7 Å². The molecule has 1 saturated carbocycles. The first-order valence-corrected chi connectivity index (χ1v) is 9.10. The van der Waals surface area contributed by atoms with Crippen molar-refractivity contribution in [3.63, 3.8) is 0 Å². The van der Waals surface area contributed by atoms with Gasteiger partial charge < -0.3 is 4.90 Å². The van der Waals surface area contributed by atoms with Crippen LogP contribution in [0.5, 0.6) is 0 Å². The third kappa shape index (κ3) is 2.29. The average molecular weight is 302 g/mol. The molecule has 3 nitrogen and oxygen atoms in total. The van der Waals surface area contributed by atoms with Gasteiger partial charge in [0.1, 0.15) is 11.7 Å². The summed E-state index contributed by atoms with van der Waals surface area (Å²) in [5, 5.41) is 3.64. The van der Waals surface area contributed by atoms with E-state index in [1.807, 2.05) is 11.8 Å². The van der Waals surface area contributed by atoms with E-state index in [1.54, 1.807) is 0 Å². The van der Waals surface area contributed by atoms with Gasteiger partial charge in [-0.05, 0) is 49.7 Å². The monoisotopic (exact) mass is 302 g/mol. The lowest BCUT2D eigenvalue weighted by Crippen LogP contribution is -2.42. The Morgan fingerprint density at radius 1 is 1.19 bits per heavy atom. The summed E-state index contributed by atoms with van der Waals surface area (Å²) in [6, 6.07) is 9.05. The Labute approximate surface area is 130 Å². The van der Waals surface area contributed by atoms with Crippen LogP contribution < -0.4 is 5.32 Å². The minimum atomic E-state index is -0.222. The highest BCUT2D eigenvalue weighted by Crippen LogP contribution is 2.47. The van der Waals surface area contributed by atoms with Gasteiger partial charge in [0, 0.05) is 6.04 Å². The molecule has 3 fully saturated rings. The number of nitrogens with one attached hydrogen (secondary N) is 1. The number of carbonyl (C=O) groups excluding carboxylic acids is 1. The third-order valence-electron chi connectivity index (χ3n) is 5.06. The molecule has 0 bridgehead atoms. The quantitative estimate of drug-likeness (QED) is 0.912. The van der Waals surface area contributed by atoms with Gasteiger partial charge in [-0.15, -0.1) is 0 Å². The second kappa shape index (κ2) is 5.03. The molecule has 3 aliphatic rings. The number of aryl methyl sites for hydroxylation is 1. The minimum Gasteiger partial charge on any atom is -0.318 e. The number of carbonyl (C=O) groups is 1. The van der Waals surface area contributed by atoms with Gasteiger partial charge in [-0.1, -0.05) is 29.8 Å². The smallest absolute Gasteiger partial charge is 0.244 e. The summed E-state index contributed by atoms with van der Waals surface area (Å²) in [5.41, 5.74) is 2.28. The van der Waals surface area contributed by atoms with Gasteiger partial charge >= 0.3 is 0 Å². The van der Waals surface area contributed by atoms with Crippen LogP contribution in [-0.4, -0.2) is 33.9 Å². The fourth-order valence-electron chi connectivity index (χ4n) is 3.57. The largest absolute Gasteiger partial charge is 0.318 e. The zero-order valence-electron chi connectivity index (χ0n) is 12.5. The summed E-state index contributed by atoms with van der Waals surface area (Å²) in [6.07, 6.45) is 4.36. The van der Waals surface area contributed by atoms with E-state index in [1.165, 1.54) is 22.6 Å². The number of hydrogen-bond donors (Lipinski definition) is 1. The van der Waals surface area contributed by atoms with Crippen molar-refractivity contribution in [1.82, 2.24) is 10.2 Å². The molecule has 2 heterocycles. The molecule has 1 atom stereocenters. The molecule has 1 aromatic rings. The Bertz CT molecular complexity index is 546. The maximum absolute atomic E-state index is 12.9. The van der Waals surface area contributed by atoms with Gasteiger partial charge in [-0.3, -0.25) is 10.1 Å². The molecule has 112 valence electrons. The summed E-state index contributed by atoms with van der Waals surface area (Å²) in [5.74, 6) is 2.72. The Balaban J connectivity index is 1.66. The number of amides is 1. The van der Waals surface area contributed by atoms with E-state index >= 15 is 0 Å². The second-order valence-electron chi connectivity index (χ2n) is 6.60. The van der Waals surface area contributed by atoms with Crippen molar-refractivity contribution in [1.29, 1.82) is 0 Å². The number of rotatable bonds is 2. The van der Waals surface area contributed by atoms with Crippen LogP contribution in [0, 0.1) is 6.92 Å². The highest BCUT2D eigenvalue weighted by molar-refractivity contribution is 7.99. The van der Waals surface area contributed by atoms with Crippen molar-refractivity contribution in [3.05, 3.63) is 35.4 Å². The van der Waals surface area contributed by atoms with Crippen LogP contribution in [0.25, 0.3) is 0 Å². The molecule has 2 aliphatic heterocycles. The fraction of sp³-hybridized carbons (Fsp3) is 0.588. The van der Waals surface area contributed by atoms with Crippen molar-refractivity contribution in [2.75, 3.05) is 11.5 Å². The first-order chi connectivity index (χ1) is 10.2. The van der Waals surface area contributed by atoms with E-state index in [4.69, 9.17) is 0 Å². The first kappa shape index (κ1) is 13.6. The molecule has 1 N–H and O–H groups in total. The van der Waals surface area contributed by atoms with E-state index in [0.29, 0.717) is 11.9 Å². The summed E-state index contributed by atoms with van der Waals surface area (Å²) in [4.78, 5) is 15.1. The molecule has 1 aliphatic carbocycles. The van der Waals surface area contributed by atoms with Gasteiger partial charge in [-0.25, -0.2) is 0 Å². The fourth-order valence-corrected chi connectivity index (χ4v) is 4.65. The van der Waals surface area contributed by atoms with Gasteiger partial charge in [0.15, 0.2) is 0 Å². The topological polar surface area (TPSA) is 32.3 Å². The first-order valence-electron chi connectivity index (χ1n) is 7.94. The van der Waals surface area contributed by atoms with Crippen LogP contribution in [0.3, 0.4) is 0 Å². The van der Waals surface area contributed by atoms with Crippen molar-refractivity contribution < 1.29 is 4.79 Å². The second-order valence-corrected chi connectivity index (χ2v) is 7.82. The Morgan fingerprint density at radius 2 is 1.86 bits per heavy atom. The van der Waals surface area contributed by atoms with Gasteiger partial charge in [0.05, 0.1) is 0 Å². The predicted molar refractivity (Wildman–Crippen MR) is 86.2 cm³/mol. The van der Waals surface area contributed by atoms with Crippen LogP contribution in [-0.2, 0) is 4.79 Å². The number of hydrogen-bond acceptors (Lipinski definition) is 3. The molecular formula is C17H22N2OS. The molecule has 0 aromatic heterocycles. The minimum absolute atomic E-state index is 0.0775. The SMILES string of the molecule is Cc1ccc(C2NC3(CC3)C(=O)N2C2CCSCC2)cc1. The zero-order valence-corrected chi connectivity index (χ0v) is 13.3. The third-order valence-corrected chi connectivity index (χ3v) is 6.11. The zero-order chi connectivity index (χ0) is 14.4. The molecular weight excluding hydrogens is 280 g/mol. The van der Waals surface area contributed by atoms with Crippen LogP contribution >= 0.6 is 11.8 Å². The molecule has 1 aromatic carbocycles. The van der Waals surface area contributed by atoms with Crippen molar-refractivity contribution in [3.8, 4) is 0 Å². The lowest BCUT2D eigenvalue weighted by molar-refractivity contribution is -0.133. The predicted octanol–water partition coefficient (Wildman–Crippen LogP) is 2.85. The standard InChI is InChI=1S/C17H22N2OS/c1-12-2-4-13(5-3-12)15-18-17(8-9-17)16(20)19(15)14-6-10-21-11-7-14/h2-5,14-15,18H,6-11H2,1H3. The summed E-state index contributed by atoms with van der Waals surface area (Å²) in [7, 11) is 0. The van der Waals surface area contributed by atoms with E-state index in [2.05, 4.69) is 41.4 Å². The van der Waals surface area contributed by atoms with E-state index < -0.39 is 0 Å². The highest BCUT2D eigenvalue weighted by atomic mass is 32.2. The molecule has 0 radical (unpaired) electrons. The van der Waals surface area contributed by atoms with Crippen LogP contribution in [0.15, 0.2) is 24.3 Å². The summed E-state index contributed by atoms with van der Waals surface area (Å²) >= 11 is 2.01. The van der Waals surface area contributed by atoms with Crippen molar-refractivity contribution in [2.45, 2.75) is 50.4 Å². The number of benzene rings is 1. The lowest BCUT2D eigenvalue weighted by Gasteiger charge is -2.35. The normalized spacial score (nSPS) is 28.3. The Kier molecular flexibility index (Phi) is 3.27. The summed E-state index contributed by atoms with van der Waals surface area (Å²) in [6.45, 7) is 2.11. The maximum atomic E-state index is 12.9. The summed E-state index contributed by atoms with van der Waals surface area (Å²) < 4.78 is 0. The Morgan fingerprint density at radius 3 is 2.48 bits per heavy atom. The highest BCUT2D eigenvalue weighted by Gasteiger charge is 2.60. The van der Waals surface area contributed by atoms with E-state index in [9.17, 15) is 4.79 Å². The van der Waals surface area contributed by atoms with Gasteiger partial charge in [0.25, 0.3) is 0 Å². The number of thioether (sulfide) groups is 1. The van der Waals surface area contributed by atoms with Gasteiger partial charge in [-0.2, -0.15) is 11.8 Å². The number of nitrogens with zero attached hydrogens (tertiary/aromatic N) is 1. The molecule has 2 saturated heterocycles. The Hall–Kier alpha value is -1.00. The van der Waals surface area contributed by atoms with Gasteiger partial charge in [0.2, 0.25) is 5.91 Å². The molecule has 1 unspecified atom stereocenters. The molecule has 1 amide bonds. The molecule has 1 spiro atoms. The van der Waals surface area contributed by atoms with Crippen LogP contribution in [0.2, 0.25) is 0 Å². The van der Waals surface area contributed by atoms with Crippen molar-refractivity contribution >= 4 is 17.7 Å². The molecule has 4 rings (SSSR count). The van der Waals surface area contributed by atoms with Crippen LogP contribution in [0.1, 0.15) is 43.0 Å².